The standard InChI is InChI=1S/C21H19ClN2O4S/c1-14-3-6-16(7-4-14)23-21(25)15-5-12-19(22)20(13-15)29(26,27)24-17-8-10-18(28-2)11-9-17/h3-13,24H,1-2H3,(H,23,25). The van der Waals surface area contributed by atoms with Crippen molar-refractivity contribution in [2.45, 2.75) is 11.8 Å². The fourth-order valence-corrected chi connectivity index (χ4v) is 4.15. The highest BCUT2D eigenvalue weighted by atomic mass is 35.5. The van der Waals surface area contributed by atoms with Gasteiger partial charge < -0.3 is 10.1 Å². The zero-order valence-corrected chi connectivity index (χ0v) is 17.3. The Hall–Kier alpha value is -3.03. The van der Waals surface area contributed by atoms with Crippen LogP contribution in [0, 0.1) is 6.92 Å². The van der Waals surface area contributed by atoms with E-state index in [-0.39, 0.29) is 15.5 Å². The Labute approximate surface area is 174 Å². The van der Waals surface area contributed by atoms with Crippen LogP contribution in [0.5, 0.6) is 5.75 Å². The van der Waals surface area contributed by atoms with Crippen LogP contribution in [0.1, 0.15) is 15.9 Å². The van der Waals surface area contributed by atoms with Crippen molar-refractivity contribution in [3.8, 4) is 5.75 Å². The van der Waals surface area contributed by atoms with Crippen molar-refractivity contribution in [1.82, 2.24) is 0 Å². The van der Waals surface area contributed by atoms with Gasteiger partial charge in [0.2, 0.25) is 0 Å². The van der Waals surface area contributed by atoms with Crippen molar-refractivity contribution in [2.24, 2.45) is 0 Å². The number of carbonyl (C=O) groups excluding carboxylic acids is 1. The SMILES string of the molecule is COc1ccc(NS(=O)(=O)c2cc(C(=O)Nc3ccc(C)cc3)ccc2Cl)cc1. The number of amides is 1. The van der Waals surface area contributed by atoms with E-state index in [9.17, 15) is 13.2 Å². The van der Waals surface area contributed by atoms with Gasteiger partial charge in [-0.1, -0.05) is 29.3 Å². The van der Waals surface area contributed by atoms with E-state index in [4.69, 9.17) is 16.3 Å². The normalized spacial score (nSPS) is 11.0. The van der Waals surface area contributed by atoms with Gasteiger partial charge >= 0.3 is 0 Å². The minimum atomic E-state index is -4.00. The summed E-state index contributed by atoms with van der Waals surface area (Å²) in [6.07, 6.45) is 0. The molecular weight excluding hydrogens is 412 g/mol. The highest BCUT2D eigenvalue weighted by Gasteiger charge is 2.20. The third-order valence-corrected chi connectivity index (χ3v) is 6.00. The number of hydrogen-bond acceptors (Lipinski definition) is 4. The van der Waals surface area contributed by atoms with Crippen molar-refractivity contribution in [3.63, 3.8) is 0 Å². The lowest BCUT2D eigenvalue weighted by molar-refractivity contribution is 0.102. The summed E-state index contributed by atoms with van der Waals surface area (Å²) in [5.74, 6) is 0.159. The lowest BCUT2D eigenvalue weighted by Gasteiger charge is -2.12. The van der Waals surface area contributed by atoms with E-state index in [1.54, 1.807) is 36.4 Å². The summed E-state index contributed by atoms with van der Waals surface area (Å²) >= 11 is 6.11. The molecule has 150 valence electrons. The first-order chi connectivity index (χ1) is 13.8. The molecule has 0 aromatic heterocycles. The Morgan fingerprint density at radius 1 is 0.931 bits per heavy atom. The second-order valence-corrected chi connectivity index (χ2v) is 8.36. The summed E-state index contributed by atoms with van der Waals surface area (Å²) in [7, 11) is -2.48. The quantitative estimate of drug-likeness (QED) is 0.593. The van der Waals surface area contributed by atoms with E-state index in [2.05, 4.69) is 10.0 Å². The van der Waals surface area contributed by atoms with Crippen LogP contribution in [0.25, 0.3) is 0 Å². The van der Waals surface area contributed by atoms with Gasteiger partial charge in [-0.2, -0.15) is 0 Å². The molecule has 0 heterocycles. The first-order valence-electron chi connectivity index (χ1n) is 8.63. The Balaban J connectivity index is 1.84. The highest BCUT2D eigenvalue weighted by molar-refractivity contribution is 7.92. The number of benzene rings is 3. The lowest BCUT2D eigenvalue weighted by atomic mass is 10.2. The molecule has 8 heteroatoms. The van der Waals surface area contributed by atoms with Crippen molar-refractivity contribution < 1.29 is 17.9 Å². The largest absolute Gasteiger partial charge is 0.497 e. The lowest BCUT2D eigenvalue weighted by Crippen LogP contribution is -2.16. The summed E-state index contributed by atoms with van der Waals surface area (Å²) in [4.78, 5) is 12.3. The van der Waals surface area contributed by atoms with Crippen molar-refractivity contribution in [2.75, 3.05) is 17.1 Å². The monoisotopic (exact) mass is 430 g/mol. The summed E-state index contributed by atoms with van der Waals surface area (Å²) < 4.78 is 33.1. The molecular formula is C21H19ClN2O4S. The Morgan fingerprint density at radius 2 is 1.55 bits per heavy atom. The number of ether oxygens (including phenoxy) is 1. The van der Waals surface area contributed by atoms with Gasteiger partial charge in [-0.15, -0.1) is 0 Å². The minimum Gasteiger partial charge on any atom is -0.497 e. The van der Waals surface area contributed by atoms with Crippen LogP contribution >= 0.6 is 11.6 Å². The number of aryl methyl sites for hydroxylation is 1. The van der Waals surface area contributed by atoms with Gasteiger partial charge in [0, 0.05) is 16.9 Å². The summed E-state index contributed by atoms with van der Waals surface area (Å²) in [6.45, 7) is 1.94. The van der Waals surface area contributed by atoms with Gasteiger partial charge in [0.05, 0.1) is 12.1 Å². The molecule has 29 heavy (non-hydrogen) atoms. The molecule has 0 atom stereocenters. The third-order valence-electron chi connectivity index (χ3n) is 4.13. The molecule has 0 aliphatic carbocycles. The number of hydrogen-bond donors (Lipinski definition) is 2. The molecule has 3 aromatic rings. The van der Waals surface area contributed by atoms with Crippen LogP contribution in [0.4, 0.5) is 11.4 Å². The second kappa shape index (κ2) is 8.55. The smallest absolute Gasteiger partial charge is 0.263 e. The molecule has 1 amide bonds. The average molecular weight is 431 g/mol. The molecule has 0 saturated heterocycles. The Bertz CT molecular complexity index is 1130. The maximum atomic E-state index is 12.8. The van der Waals surface area contributed by atoms with Crippen molar-refractivity contribution in [1.29, 1.82) is 0 Å². The van der Waals surface area contributed by atoms with Crippen LogP contribution in [0.15, 0.2) is 71.6 Å². The fourth-order valence-electron chi connectivity index (χ4n) is 2.56. The molecule has 0 unspecified atom stereocenters. The molecule has 3 aromatic carbocycles. The van der Waals surface area contributed by atoms with Gasteiger partial charge in [0.1, 0.15) is 10.6 Å². The van der Waals surface area contributed by atoms with Crippen molar-refractivity contribution >= 4 is 38.9 Å². The van der Waals surface area contributed by atoms with E-state index >= 15 is 0 Å². The summed E-state index contributed by atoms with van der Waals surface area (Å²) in [6, 6.07) is 17.8. The van der Waals surface area contributed by atoms with Gasteiger partial charge in [-0.3, -0.25) is 9.52 Å². The maximum Gasteiger partial charge on any atom is 0.263 e. The van der Waals surface area contributed by atoms with Crippen LogP contribution < -0.4 is 14.8 Å². The number of nitrogens with one attached hydrogen (secondary N) is 2. The number of halogens is 1. The van der Waals surface area contributed by atoms with E-state index in [0.717, 1.165) is 5.56 Å². The zero-order valence-electron chi connectivity index (χ0n) is 15.8. The molecule has 6 nitrogen and oxygen atoms in total. The van der Waals surface area contributed by atoms with E-state index < -0.39 is 15.9 Å². The van der Waals surface area contributed by atoms with E-state index in [0.29, 0.717) is 17.1 Å². The number of methoxy groups -OCH3 is 1. The van der Waals surface area contributed by atoms with Crippen LogP contribution in [0.3, 0.4) is 0 Å². The fraction of sp³-hybridized carbons (Fsp3) is 0.0952. The van der Waals surface area contributed by atoms with Gasteiger partial charge in [-0.25, -0.2) is 8.42 Å². The molecule has 2 N–H and O–H groups in total. The number of carbonyl (C=O) groups is 1. The first kappa shape index (κ1) is 20.7. The number of rotatable bonds is 6. The summed E-state index contributed by atoms with van der Waals surface area (Å²) in [5.41, 5.74) is 2.19. The minimum absolute atomic E-state index is 0.0119. The summed E-state index contributed by atoms with van der Waals surface area (Å²) in [5, 5.41) is 2.75. The number of sulfonamides is 1. The van der Waals surface area contributed by atoms with E-state index in [1.165, 1.54) is 25.3 Å². The molecule has 0 spiro atoms. The van der Waals surface area contributed by atoms with Gasteiger partial charge in [0.25, 0.3) is 15.9 Å². The van der Waals surface area contributed by atoms with Gasteiger partial charge in [0.15, 0.2) is 0 Å². The second-order valence-electron chi connectivity index (χ2n) is 6.30. The third kappa shape index (κ3) is 5.07. The van der Waals surface area contributed by atoms with Crippen LogP contribution in [0.2, 0.25) is 5.02 Å². The topological polar surface area (TPSA) is 84.5 Å². The van der Waals surface area contributed by atoms with Gasteiger partial charge in [-0.05, 0) is 61.5 Å². The molecule has 0 bridgehead atoms. The Kier molecular flexibility index (Phi) is 6.10. The first-order valence-corrected chi connectivity index (χ1v) is 10.5. The van der Waals surface area contributed by atoms with Crippen molar-refractivity contribution in [3.05, 3.63) is 82.9 Å². The maximum absolute atomic E-state index is 12.8. The Morgan fingerprint density at radius 3 is 2.17 bits per heavy atom. The highest BCUT2D eigenvalue weighted by Crippen LogP contribution is 2.26. The number of anilines is 2. The molecule has 0 fully saturated rings. The molecule has 0 radical (unpaired) electrons. The predicted molar refractivity (Wildman–Crippen MR) is 114 cm³/mol. The molecule has 3 rings (SSSR count). The average Bonchev–Trinajstić information content (AvgIpc) is 2.70. The zero-order chi connectivity index (χ0) is 21.0. The van der Waals surface area contributed by atoms with Crippen LogP contribution in [-0.4, -0.2) is 21.4 Å². The molecule has 0 aliphatic rings. The molecule has 0 aliphatic heterocycles. The predicted octanol–water partition coefficient (Wildman–Crippen LogP) is 4.71. The molecule has 0 saturated carbocycles. The van der Waals surface area contributed by atoms with Crippen LogP contribution in [-0.2, 0) is 10.0 Å². The van der Waals surface area contributed by atoms with E-state index in [1.807, 2.05) is 19.1 Å².